The van der Waals surface area contributed by atoms with E-state index in [1.807, 2.05) is 4.90 Å². The number of hydrogen-bond donors (Lipinski definition) is 1. The lowest BCUT2D eigenvalue weighted by Crippen LogP contribution is -2.33. The van der Waals surface area contributed by atoms with Gasteiger partial charge in [0.15, 0.2) is 0 Å². The average molecular weight is 226 g/mol. The molecule has 1 N–H and O–H groups in total. The molecule has 1 heterocycles. The Hall–Kier alpha value is -0.570. The molecule has 1 aliphatic heterocycles. The van der Waals surface area contributed by atoms with Crippen LogP contribution in [-0.2, 0) is 4.79 Å². The third-order valence-electron chi connectivity index (χ3n) is 3.45. The quantitative estimate of drug-likeness (QED) is 0.720. The minimum atomic E-state index is 0.356. The highest BCUT2D eigenvalue weighted by Crippen LogP contribution is 2.20. The van der Waals surface area contributed by atoms with E-state index in [1.165, 1.54) is 6.42 Å². The number of hydrogen-bond acceptors (Lipinski definition) is 2. The summed E-state index contributed by atoms with van der Waals surface area (Å²) in [5, 5.41) is 3.46. The van der Waals surface area contributed by atoms with Crippen LogP contribution >= 0.6 is 0 Å². The third-order valence-corrected chi connectivity index (χ3v) is 3.45. The Balaban J connectivity index is 2.20. The lowest BCUT2D eigenvalue weighted by atomic mass is 10.1. The van der Waals surface area contributed by atoms with Crippen LogP contribution in [0.15, 0.2) is 0 Å². The molecule has 1 amide bonds. The fraction of sp³-hybridized carbons (Fsp3) is 0.923. The van der Waals surface area contributed by atoms with Crippen molar-refractivity contribution in [1.82, 2.24) is 10.2 Å². The standard InChI is InChI=1S/C13H26N2O/c1-4-7-14-11(3)6-8-15-10-12(5-2)9-13(15)16/h11-12,14H,4-10H2,1-3H3. The highest BCUT2D eigenvalue weighted by Gasteiger charge is 2.27. The van der Waals surface area contributed by atoms with Crippen LogP contribution in [0.5, 0.6) is 0 Å². The van der Waals surface area contributed by atoms with Gasteiger partial charge in [-0.25, -0.2) is 0 Å². The Morgan fingerprint density at radius 3 is 2.81 bits per heavy atom. The van der Waals surface area contributed by atoms with Gasteiger partial charge in [0, 0.05) is 25.6 Å². The normalized spacial score (nSPS) is 22.8. The lowest BCUT2D eigenvalue weighted by Gasteiger charge is -2.20. The number of amides is 1. The molecule has 2 atom stereocenters. The Morgan fingerprint density at radius 1 is 1.50 bits per heavy atom. The fourth-order valence-corrected chi connectivity index (χ4v) is 2.19. The number of rotatable bonds is 7. The van der Waals surface area contributed by atoms with E-state index in [0.717, 1.165) is 38.9 Å². The second kappa shape index (κ2) is 6.89. The van der Waals surface area contributed by atoms with Crippen molar-refractivity contribution in [3.8, 4) is 0 Å². The molecule has 0 saturated carbocycles. The fourth-order valence-electron chi connectivity index (χ4n) is 2.19. The van der Waals surface area contributed by atoms with Gasteiger partial charge in [0.1, 0.15) is 0 Å². The molecule has 0 aliphatic carbocycles. The van der Waals surface area contributed by atoms with E-state index < -0.39 is 0 Å². The first kappa shape index (κ1) is 13.5. The van der Waals surface area contributed by atoms with Crippen molar-refractivity contribution >= 4 is 5.91 Å². The largest absolute Gasteiger partial charge is 0.342 e. The molecule has 94 valence electrons. The number of carbonyl (C=O) groups is 1. The van der Waals surface area contributed by atoms with Crippen molar-refractivity contribution in [2.24, 2.45) is 5.92 Å². The van der Waals surface area contributed by atoms with Crippen molar-refractivity contribution < 1.29 is 4.79 Å². The molecule has 0 aromatic heterocycles. The van der Waals surface area contributed by atoms with Crippen LogP contribution in [0, 0.1) is 5.92 Å². The number of nitrogens with one attached hydrogen (secondary N) is 1. The predicted octanol–water partition coefficient (Wildman–Crippen LogP) is 2.02. The van der Waals surface area contributed by atoms with Gasteiger partial charge in [-0.2, -0.15) is 0 Å². The van der Waals surface area contributed by atoms with E-state index in [2.05, 4.69) is 26.1 Å². The molecule has 0 aromatic carbocycles. The lowest BCUT2D eigenvalue weighted by molar-refractivity contribution is -0.127. The van der Waals surface area contributed by atoms with Crippen LogP contribution < -0.4 is 5.32 Å². The topological polar surface area (TPSA) is 32.3 Å². The van der Waals surface area contributed by atoms with E-state index in [-0.39, 0.29) is 0 Å². The van der Waals surface area contributed by atoms with E-state index >= 15 is 0 Å². The summed E-state index contributed by atoms with van der Waals surface area (Å²) in [6.45, 7) is 9.53. The number of nitrogens with zero attached hydrogens (tertiary/aromatic N) is 1. The highest BCUT2D eigenvalue weighted by atomic mass is 16.2. The minimum absolute atomic E-state index is 0.356. The van der Waals surface area contributed by atoms with Gasteiger partial charge in [0.2, 0.25) is 5.91 Å². The SMILES string of the molecule is CCCNC(C)CCN1CC(CC)CC1=O. The van der Waals surface area contributed by atoms with Gasteiger partial charge in [-0.15, -0.1) is 0 Å². The van der Waals surface area contributed by atoms with E-state index in [0.29, 0.717) is 17.9 Å². The van der Waals surface area contributed by atoms with Crippen molar-refractivity contribution in [3.05, 3.63) is 0 Å². The molecule has 1 aliphatic rings. The van der Waals surface area contributed by atoms with Gasteiger partial charge in [-0.1, -0.05) is 20.3 Å². The van der Waals surface area contributed by atoms with Gasteiger partial charge < -0.3 is 10.2 Å². The Bertz CT molecular complexity index is 218. The van der Waals surface area contributed by atoms with E-state index in [9.17, 15) is 4.79 Å². The summed E-state index contributed by atoms with van der Waals surface area (Å²) in [6.07, 6.45) is 4.15. The summed E-state index contributed by atoms with van der Waals surface area (Å²) >= 11 is 0. The van der Waals surface area contributed by atoms with Gasteiger partial charge in [0.25, 0.3) is 0 Å². The molecular weight excluding hydrogens is 200 g/mol. The van der Waals surface area contributed by atoms with E-state index in [4.69, 9.17) is 0 Å². The second-order valence-electron chi connectivity index (χ2n) is 4.96. The highest BCUT2D eigenvalue weighted by molar-refractivity contribution is 5.78. The molecule has 0 bridgehead atoms. The minimum Gasteiger partial charge on any atom is -0.342 e. The molecule has 3 nitrogen and oxygen atoms in total. The van der Waals surface area contributed by atoms with Crippen LogP contribution in [0.2, 0.25) is 0 Å². The Labute approximate surface area is 99.6 Å². The maximum absolute atomic E-state index is 11.7. The summed E-state index contributed by atoms with van der Waals surface area (Å²) in [7, 11) is 0. The smallest absolute Gasteiger partial charge is 0.222 e. The molecular formula is C13H26N2O. The predicted molar refractivity (Wildman–Crippen MR) is 67.4 cm³/mol. The Morgan fingerprint density at radius 2 is 2.25 bits per heavy atom. The van der Waals surface area contributed by atoms with Gasteiger partial charge >= 0.3 is 0 Å². The van der Waals surface area contributed by atoms with Crippen LogP contribution in [0.4, 0.5) is 0 Å². The first-order valence-corrected chi connectivity index (χ1v) is 6.68. The maximum Gasteiger partial charge on any atom is 0.222 e. The zero-order valence-corrected chi connectivity index (χ0v) is 11.0. The van der Waals surface area contributed by atoms with Crippen LogP contribution in [0.1, 0.15) is 46.5 Å². The monoisotopic (exact) mass is 226 g/mol. The van der Waals surface area contributed by atoms with Crippen LogP contribution in [0.25, 0.3) is 0 Å². The molecule has 1 rings (SSSR count). The first-order chi connectivity index (χ1) is 7.67. The Kier molecular flexibility index (Phi) is 5.81. The molecule has 0 radical (unpaired) electrons. The summed E-state index contributed by atoms with van der Waals surface area (Å²) in [4.78, 5) is 13.7. The zero-order valence-electron chi connectivity index (χ0n) is 11.0. The summed E-state index contributed by atoms with van der Waals surface area (Å²) < 4.78 is 0. The molecule has 2 unspecified atom stereocenters. The molecule has 0 aromatic rings. The zero-order chi connectivity index (χ0) is 12.0. The van der Waals surface area contributed by atoms with Crippen molar-refractivity contribution in [3.63, 3.8) is 0 Å². The maximum atomic E-state index is 11.7. The summed E-state index contributed by atoms with van der Waals surface area (Å²) in [5.74, 6) is 0.959. The molecule has 16 heavy (non-hydrogen) atoms. The van der Waals surface area contributed by atoms with E-state index in [1.54, 1.807) is 0 Å². The van der Waals surface area contributed by atoms with Crippen molar-refractivity contribution in [2.45, 2.75) is 52.5 Å². The van der Waals surface area contributed by atoms with Gasteiger partial charge in [0.05, 0.1) is 0 Å². The first-order valence-electron chi connectivity index (χ1n) is 6.68. The average Bonchev–Trinajstić information content (AvgIpc) is 2.64. The molecule has 0 spiro atoms. The number of likely N-dealkylation sites (tertiary alicyclic amines) is 1. The molecule has 1 saturated heterocycles. The van der Waals surface area contributed by atoms with Gasteiger partial charge in [-0.3, -0.25) is 4.79 Å². The third kappa shape index (κ3) is 4.12. The summed E-state index contributed by atoms with van der Waals surface area (Å²) in [6, 6.07) is 0.522. The second-order valence-corrected chi connectivity index (χ2v) is 4.96. The van der Waals surface area contributed by atoms with Crippen LogP contribution in [0.3, 0.4) is 0 Å². The summed E-state index contributed by atoms with van der Waals surface area (Å²) in [5.41, 5.74) is 0. The van der Waals surface area contributed by atoms with Crippen molar-refractivity contribution in [1.29, 1.82) is 0 Å². The number of carbonyl (C=O) groups excluding carboxylic acids is 1. The van der Waals surface area contributed by atoms with Crippen LogP contribution in [-0.4, -0.2) is 36.5 Å². The van der Waals surface area contributed by atoms with Gasteiger partial charge in [-0.05, 0) is 32.2 Å². The van der Waals surface area contributed by atoms with Crippen molar-refractivity contribution in [2.75, 3.05) is 19.6 Å². The molecule has 3 heteroatoms. The molecule has 1 fully saturated rings.